The van der Waals surface area contributed by atoms with E-state index < -0.39 is 14.3 Å². The van der Waals surface area contributed by atoms with Crippen LogP contribution in [0.2, 0.25) is 18.1 Å². The molecule has 1 aliphatic heterocycles. The molecule has 0 aromatic carbocycles. The minimum absolute atomic E-state index is 0.0509. The van der Waals surface area contributed by atoms with Crippen LogP contribution in [0.4, 0.5) is 0 Å². The van der Waals surface area contributed by atoms with Gasteiger partial charge in [0.25, 0.3) is 0 Å². The molecule has 1 amide bonds. The third-order valence-corrected chi connectivity index (χ3v) is 9.98. The Labute approximate surface area is 143 Å². The highest BCUT2D eigenvalue weighted by Crippen LogP contribution is 2.40. The topological polar surface area (TPSA) is 81.7 Å². The summed E-state index contributed by atoms with van der Waals surface area (Å²) < 4.78 is 10.9. The number of carbonyl (C=O) groups is 3. The molecule has 1 rings (SSSR count). The molecule has 1 saturated heterocycles. The predicted molar refractivity (Wildman–Crippen MR) is 92.4 cm³/mol. The van der Waals surface area contributed by atoms with Crippen molar-refractivity contribution in [2.75, 3.05) is 6.61 Å². The van der Waals surface area contributed by atoms with Crippen molar-refractivity contribution >= 4 is 37.1 Å². The van der Waals surface area contributed by atoms with Crippen LogP contribution in [0.3, 0.4) is 0 Å². The highest BCUT2D eigenvalue weighted by molar-refractivity contribution is 8.14. The average molecular weight is 362 g/mol. The number of ether oxygens (including phenoxy) is 1. The Kier molecular flexibility index (Phi) is 6.45. The van der Waals surface area contributed by atoms with E-state index in [2.05, 4.69) is 43.9 Å². The van der Waals surface area contributed by atoms with E-state index in [1.165, 1.54) is 6.92 Å². The molecule has 1 fully saturated rings. The second kappa shape index (κ2) is 7.35. The van der Waals surface area contributed by atoms with Gasteiger partial charge >= 0.3 is 5.97 Å². The maximum atomic E-state index is 11.9. The first-order valence-electron chi connectivity index (χ1n) is 7.66. The van der Waals surface area contributed by atoms with Crippen molar-refractivity contribution < 1.29 is 23.5 Å². The first-order chi connectivity index (χ1) is 10.3. The van der Waals surface area contributed by atoms with E-state index in [1.807, 2.05) is 6.92 Å². The second-order valence-electron chi connectivity index (χ2n) is 7.31. The monoisotopic (exact) mass is 361 g/mol. The van der Waals surface area contributed by atoms with Gasteiger partial charge in [-0.1, -0.05) is 32.5 Å². The quantitative estimate of drug-likeness (QED) is 0.444. The van der Waals surface area contributed by atoms with Crippen LogP contribution in [-0.2, 0) is 23.5 Å². The summed E-state index contributed by atoms with van der Waals surface area (Å²) in [6.45, 7) is 13.5. The van der Waals surface area contributed by atoms with Gasteiger partial charge in [-0.25, -0.2) is 0 Å². The molecule has 0 aromatic heterocycles. The number of amides is 1. The van der Waals surface area contributed by atoms with E-state index in [9.17, 15) is 14.4 Å². The number of β-lactam (4-membered cyclic amide) rings is 1. The van der Waals surface area contributed by atoms with Crippen molar-refractivity contribution in [3.8, 4) is 0 Å². The van der Waals surface area contributed by atoms with Crippen molar-refractivity contribution in [1.29, 1.82) is 0 Å². The lowest BCUT2D eigenvalue weighted by atomic mass is 9.96. The highest BCUT2D eigenvalue weighted by atomic mass is 32.2. The number of rotatable bonds is 6. The Morgan fingerprint density at radius 2 is 1.91 bits per heavy atom. The zero-order valence-electron chi connectivity index (χ0n) is 14.9. The first-order valence-corrected chi connectivity index (χ1v) is 11.4. The summed E-state index contributed by atoms with van der Waals surface area (Å²) in [4.78, 5) is 34.4. The van der Waals surface area contributed by atoms with Crippen LogP contribution in [0, 0.1) is 5.92 Å². The van der Waals surface area contributed by atoms with Gasteiger partial charge in [0, 0.05) is 6.92 Å². The molecular formula is C15H27NO5SSi. The molecule has 0 aromatic rings. The third-order valence-electron chi connectivity index (χ3n) is 4.36. The standard InChI is InChI=1S/C15H27NO5SSi/c1-9(21-23(6,7)15(3,4)5)12-13(19)16-14(12)22-11(18)8-20-10(2)17/h9,12,14H,8H2,1-7H3,(H,16,19)/t9-,12+,14-/m1/s1. The Morgan fingerprint density at radius 1 is 1.35 bits per heavy atom. The minimum atomic E-state index is -1.99. The first kappa shape index (κ1) is 20.2. The molecule has 0 spiro atoms. The fraction of sp³-hybridized carbons (Fsp3) is 0.800. The van der Waals surface area contributed by atoms with E-state index in [4.69, 9.17) is 4.43 Å². The molecule has 0 saturated carbocycles. The Morgan fingerprint density at radius 3 is 2.35 bits per heavy atom. The third kappa shape index (κ3) is 5.32. The van der Waals surface area contributed by atoms with E-state index in [0.717, 1.165) is 11.8 Å². The molecule has 8 heteroatoms. The predicted octanol–water partition coefficient (Wildman–Crippen LogP) is 2.29. The number of esters is 1. The number of nitrogens with one attached hydrogen (secondary N) is 1. The molecule has 23 heavy (non-hydrogen) atoms. The Hall–Kier alpha value is -0.863. The highest BCUT2D eigenvalue weighted by Gasteiger charge is 2.48. The van der Waals surface area contributed by atoms with Crippen molar-refractivity contribution in [3.05, 3.63) is 0 Å². The SMILES string of the molecule is CC(=O)OCC(=O)S[C@H]1NC(=O)[C@@H]1[C@@H](C)O[Si](C)(C)C(C)(C)C. The van der Waals surface area contributed by atoms with Gasteiger partial charge in [0.1, 0.15) is 0 Å². The lowest BCUT2D eigenvalue weighted by Gasteiger charge is -2.44. The van der Waals surface area contributed by atoms with E-state index in [1.54, 1.807) is 0 Å². The largest absolute Gasteiger partial charge is 0.457 e. The molecule has 1 N–H and O–H groups in total. The van der Waals surface area contributed by atoms with Gasteiger partial charge in [-0.3, -0.25) is 14.4 Å². The molecule has 3 atom stereocenters. The minimum Gasteiger partial charge on any atom is -0.457 e. The smallest absolute Gasteiger partial charge is 0.303 e. The van der Waals surface area contributed by atoms with Gasteiger partial charge in [0.15, 0.2) is 14.9 Å². The molecule has 1 heterocycles. The van der Waals surface area contributed by atoms with E-state index in [0.29, 0.717) is 0 Å². The van der Waals surface area contributed by atoms with Gasteiger partial charge in [-0.2, -0.15) is 0 Å². The normalized spacial score (nSPS) is 22.8. The van der Waals surface area contributed by atoms with Crippen LogP contribution in [0.5, 0.6) is 0 Å². The zero-order chi connectivity index (χ0) is 18.0. The maximum Gasteiger partial charge on any atom is 0.303 e. The van der Waals surface area contributed by atoms with Crippen LogP contribution in [0.15, 0.2) is 0 Å². The van der Waals surface area contributed by atoms with Gasteiger partial charge in [0.05, 0.1) is 17.4 Å². The van der Waals surface area contributed by atoms with Crippen molar-refractivity contribution in [2.24, 2.45) is 5.92 Å². The molecule has 6 nitrogen and oxygen atoms in total. The summed E-state index contributed by atoms with van der Waals surface area (Å²) >= 11 is 0.989. The summed E-state index contributed by atoms with van der Waals surface area (Å²) in [6.07, 6.45) is -0.260. The van der Waals surface area contributed by atoms with Crippen LogP contribution < -0.4 is 5.32 Å². The number of carbonyl (C=O) groups excluding carboxylic acids is 3. The molecule has 0 aliphatic carbocycles. The van der Waals surface area contributed by atoms with Crippen LogP contribution in [-0.4, -0.2) is 43.4 Å². The Bertz CT molecular complexity index is 489. The van der Waals surface area contributed by atoms with E-state index >= 15 is 0 Å². The zero-order valence-corrected chi connectivity index (χ0v) is 16.7. The number of hydrogen-bond donors (Lipinski definition) is 1. The summed E-state index contributed by atoms with van der Waals surface area (Å²) in [5.74, 6) is -0.966. The van der Waals surface area contributed by atoms with Crippen molar-refractivity contribution in [1.82, 2.24) is 5.32 Å². The van der Waals surface area contributed by atoms with Crippen LogP contribution in [0.1, 0.15) is 34.6 Å². The van der Waals surface area contributed by atoms with Crippen LogP contribution >= 0.6 is 11.8 Å². The fourth-order valence-electron chi connectivity index (χ4n) is 1.98. The molecule has 0 radical (unpaired) electrons. The molecule has 0 bridgehead atoms. The van der Waals surface area contributed by atoms with Gasteiger partial charge in [-0.15, -0.1) is 0 Å². The second-order valence-corrected chi connectivity index (χ2v) is 13.3. The molecule has 0 unspecified atom stereocenters. The number of thioether (sulfide) groups is 1. The van der Waals surface area contributed by atoms with E-state index in [-0.39, 0.29) is 40.1 Å². The number of hydrogen-bond acceptors (Lipinski definition) is 6. The van der Waals surface area contributed by atoms with Crippen molar-refractivity contribution in [2.45, 2.75) is 64.2 Å². The lowest BCUT2D eigenvalue weighted by molar-refractivity contribution is -0.144. The lowest BCUT2D eigenvalue weighted by Crippen LogP contribution is -2.62. The Balaban J connectivity index is 2.62. The summed E-state index contributed by atoms with van der Waals surface area (Å²) in [5.41, 5.74) is 0. The molecule has 132 valence electrons. The van der Waals surface area contributed by atoms with Crippen LogP contribution in [0.25, 0.3) is 0 Å². The maximum absolute atomic E-state index is 11.9. The van der Waals surface area contributed by atoms with Gasteiger partial charge in [-0.05, 0) is 25.1 Å². The molecule has 1 aliphatic rings. The summed E-state index contributed by atoms with van der Waals surface area (Å²) in [6, 6.07) is 0. The summed E-state index contributed by atoms with van der Waals surface area (Å²) in [5, 5.41) is 2.15. The fourth-order valence-corrected chi connectivity index (χ4v) is 4.49. The van der Waals surface area contributed by atoms with Gasteiger partial charge < -0.3 is 14.5 Å². The van der Waals surface area contributed by atoms with Crippen molar-refractivity contribution in [3.63, 3.8) is 0 Å². The van der Waals surface area contributed by atoms with Gasteiger partial charge in [0.2, 0.25) is 11.0 Å². The average Bonchev–Trinajstić information content (AvgIpc) is 2.33. The summed E-state index contributed by atoms with van der Waals surface area (Å²) in [7, 11) is -1.99. The molecular weight excluding hydrogens is 334 g/mol.